The zero-order valence-corrected chi connectivity index (χ0v) is 14.1. The summed E-state index contributed by atoms with van der Waals surface area (Å²) in [5, 5.41) is 11.0. The van der Waals surface area contributed by atoms with Crippen molar-refractivity contribution < 1.29 is 9.59 Å². The van der Waals surface area contributed by atoms with Gasteiger partial charge in [0.05, 0.1) is 0 Å². The minimum absolute atomic E-state index is 0.0487. The Balaban J connectivity index is 1.35. The third-order valence-electron chi connectivity index (χ3n) is 4.40. The first-order valence-electron chi connectivity index (χ1n) is 8.30. The second-order valence-corrected chi connectivity index (χ2v) is 6.03. The summed E-state index contributed by atoms with van der Waals surface area (Å²) in [6, 6.07) is 12.9. The van der Waals surface area contributed by atoms with Gasteiger partial charge in [0.25, 0.3) is 5.91 Å². The number of fused-ring (bicyclic) bond motifs is 2. The van der Waals surface area contributed by atoms with Crippen LogP contribution in [0.1, 0.15) is 21.7 Å². The van der Waals surface area contributed by atoms with Gasteiger partial charge in [-0.15, -0.1) is 10.2 Å². The molecule has 4 rings (SSSR count). The first kappa shape index (κ1) is 16.0. The van der Waals surface area contributed by atoms with Crippen LogP contribution in [0.25, 0.3) is 11.3 Å². The average molecular weight is 347 g/mol. The summed E-state index contributed by atoms with van der Waals surface area (Å²) in [7, 11) is 0. The molecule has 1 N–H and O–H groups in total. The van der Waals surface area contributed by atoms with Crippen LogP contribution in [-0.2, 0) is 11.2 Å². The molecule has 0 bridgehead atoms. The molecule has 1 aromatic carbocycles. The van der Waals surface area contributed by atoms with Gasteiger partial charge in [-0.25, -0.2) is 0 Å². The van der Waals surface area contributed by atoms with Crippen LogP contribution in [0.4, 0.5) is 0 Å². The van der Waals surface area contributed by atoms with E-state index >= 15 is 0 Å². The van der Waals surface area contributed by atoms with Crippen molar-refractivity contribution in [1.82, 2.24) is 24.8 Å². The van der Waals surface area contributed by atoms with Crippen LogP contribution in [-0.4, -0.2) is 44.4 Å². The lowest BCUT2D eigenvalue weighted by Gasteiger charge is -2.16. The Kier molecular flexibility index (Phi) is 3.96. The molecule has 3 aromatic rings. The third-order valence-corrected chi connectivity index (χ3v) is 4.40. The van der Waals surface area contributed by atoms with Crippen molar-refractivity contribution >= 4 is 23.2 Å². The van der Waals surface area contributed by atoms with Gasteiger partial charge in [0.15, 0.2) is 5.65 Å². The highest BCUT2D eigenvalue weighted by Crippen LogP contribution is 2.30. The Morgan fingerprint density at radius 3 is 2.65 bits per heavy atom. The number of carbonyl (C=O) groups excluding carboxylic acids is 2. The SMILES string of the molecule is C=C1c2ccccc2C(=O)N1CC(=O)NCCc1nnc2ccccn12. The van der Waals surface area contributed by atoms with Crippen molar-refractivity contribution in [2.75, 3.05) is 13.1 Å². The van der Waals surface area contributed by atoms with Gasteiger partial charge in [-0.05, 0) is 18.2 Å². The Hall–Kier alpha value is -3.48. The first-order chi connectivity index (χ1) is 12.6. The van der Waals surface area contributed by atoms with E-state index < -0.39 is 0 Å². The Morgan fingerprint density at radius 2 is 1.85 bits per heavy atom. The van der Waals surface area contributed by atoms with Crippen LogP contribution in [0.2, 0.25) is 0 Å². The fourth-order valence-corrected chi connectivity index (χ4v) is 3.08. The highest BCUT2D eigenvalue weighted by atomic mass is 16.2. The van der Waals surface area contributed by atoms with Gasteiger partial charge in [-0.3, -0.25) is 18.9 Å². The normalized spacial score (nSPS) is 13.3. The van der Waals surface area contributed by atoms with E-state index in [0.29, 0.717) is 24.2 Å². The maximum Gasteiger partial charge on any atom is 0.259 e. The summed E-state index contributed by atoms with van der Waals surface area (Å²) in [5.74, 6) is 0.347. The van der Waals surface area contributed by atoms with E-state index in [4.69, 9.17) is 0 Å². The summed E-state index contributed by atoms with van der Waals surface area (Å²) >= 11 is 0. The molecule has 0 radical (unpaired) electrons. The number of amides is 2. The van der Waals surface area contributed by atoms with Gasteiger partial charge < -0.3 is 5.32 Å². The quantitative estimate of drug-likeness (QED) is 0.759. The van der Waals surface area contributed by atoms with Crippen LogP contribution in [0.15, 0.2) is 55.2 Å². The number of benzene rings is 1. The number of hydrogen-bond acceptors (Lipinski definition) is 4. The van der Waals surface area contributed by atoms with Crippen LogP contribution in [0, 0.1) is 0 Å². The molecule has 1 aliphatic rings. The number of aromatic nitrogens is 3. The molecule has 26 heavy (non-hydrogen) atoms. The van der Waals surface area contributed by atoms with Gasteiger partial charge in [0.1, 0.15) is 12.4 Å². The molecule has 0 unspecified atom stereocenters. The second kappa shape index (κ2) is 6.44. The molecule has 1 aliphatic heterocycles. The van der Waals surface area contributed by atoms with E-state index in [2.05, 4.69) is 22.1 Å². The standard InChI is InChI=1S/C19H17N5O2/c1-13-14-6-2-3-7-15(14)19(26)24(13)12-18(25)20-10-9-17-22-21-16-8-4-5-11-23(16)17/h2-8,11H,1,9-10,12H2,(H,20,25). The fourth-order valence-electron chi connectivity index (χ4n) is 3.08. The average Bonchev–Trinajstić information content (AvgIpc) is 3.17. The molecule has 7 nitrogen and oxygen atoms in total. The fraction of sp³-hybridized carbons (Fsp3) is 0.158. The van der Waals surface area contributed by atoms with E-state index in [1.807, 2.05) is 40.9 Å². The lowest BCUT2D eigenvalue weighted by molar-refractivity contribution is -0.121. The second-order valence-electron chi connectivity index (χ2n) is 6.03. The number of rotatable bonds is 5. The predicted octanol–water partition coefficient (Wildman–Crippen LogP) is 1.51. The Labute approximate surface area is 150 Å². The Bertz CT molecular complexity index is 988. The van der Waals surface area contributed by atoms with Crippen LogP contribution < -0.4 is 5.32 Å². The van der Waals surface area contributed by atoms with Crippen LogP contribution >= 0.6 is 0 Å². The van der Waals surface area contributed by atoms with Crippen molar-refractivity contribution in [3.8, 4) is 0 Å². The molecule has 2 aromatic heterocycles. The molecular formula is C19H17N5O2. The van der Waals surface area contributed by atoms with E-state index in [1.54, 1.807) is 12.1 Å². The minimum Gasteiger partial charge on any atom is -0.354 e. The third kappa shape index (κ3) is 2.73. The van der Waals surface area contributed by atoms with E-state index in [0.717, 1.165) is 17.0 Å². The number of carbonyl (C=O) groups is 2. The zero-order chi connectivity index (χ0) is 18.1. The number of nitrogens with one attached hydrogen (secondary N) is 1. The van der Waals surface area contributed by atoms with Gasteiger partial charge in [0, 0.05) is 36.0 Å². The minimum atomic E-state index is -0.235. The maximum absolute atomic E-state index is 12.4. The maximum atomic E-state index is 12.4. The smallest absolute Gasteiger partial charge is 0.259 e. The van der Waals surface area contributed by atoms with Crippen molar-refractivity contribution in [3.05, 3.63) is 72.2 Å². The molecule has 0 aliphatic carbocycles. The topological polar surface area (TPSA) is 79.6 Å². The van der Waals surface area contributed by atoms with Gasteiger partial charge in [-0.1, -0.05) is 30.8 Å². The van der Waals surface area contributed by atoms with Gasteiger partial charge in [0.2, 0.25) is 5.91 Å². The number of pyridine rings is 1. The molecule has 0 fully saturated rings. The summed E-state index contributed by atoms with van der Waals surface area (Å²) in [6.07, 6.45) is 2.43. The van der Waals surface area contributed by atoms with Gasteiger partial charge in [-0.2, -0.15) is 0 Å². The van der Waals surface area contributed by atoms with Crippen molar-refractivity contribution in [3.63, 3.8) is 0 Å². The van der Waals surface area contributed by atoms with Crippen LogP contribution in [0.5, 0.6) is 0 Å². The number of nitrogens with zero attached hydrogens (tertiary/aromatic N) is 4. The molecule has 0 atom stereocenters. The monoisotopic (exact) mass is 347 g/mol. The molecule has 0 saturated carbocycles. The predicted molar refractivity (Wildman–Crippen MR) is 96.2 cm³/mol. The summed E-state index contributed by atoms with van der Waals surface area (Å²) in [4.78, 5) is 26.1. The molecule has 7 heteroatoms. The van der Waals surface area contributed by atoms with Crippen molar-refractivity contribution in [1.29, 1.82) is 0 Å². The van der Waals surface area contributed by atoms with Crippen molar-refractivity contribution in [2.45, 2.75) is 6.42 Å². The molecular weight excluding hydrogens is 330 g/mol. The molecule has 3 heterocycles. The highest BCUT2D eigenvalue weighted by Gasteiger charge is 2.31. The van der Waals surface area contributed by atoms with Crippen LogP contribution in [0.3, 0.4) is 0 Å². The molecule has 0 spiro atoms. The summed E-state index contributed by atoms with van der Waals surface area (Å²) in [5.41, 5.74) is 2.69. The molecule has 130 valence electrons. The molecule has 2 amide bonds. The van der Waals surface area contributed by atoms with Gasteiger partial charge >= 0.3 is 0 Å². The zero-order valence-electron chi connectivity index (χ0n) is 14.1. The van der Waals surface area contributed by atoms with Crippen molar-refractivity contribution in [2.24, 2.45) is 0 Å². The first-order valence-corrected chi connectivity index (χ1v) is 8.30. The van der Waals surface area contributed by atoms with E-state index in [1.165, 1.54) is 4.90 Å². The highest BCUT2D eigenvalue weighted by molar-refractivity contribution is 6.10. The molecule has 0 saturated heterocycles. The largest absolute Gasteiger partial charge is 0.354 e. The van der Waals surface area contributed by atoms with E-state index in [9.17, 15) is 9.59 Å². The lowest BCUT2D eigenvalue weighted by Crippen LogP contribution is -2.37. The number of hydrogen-bond donors (Lipinski definition) is 1. The summed E-state index contributed by atoms with van der Waals surface area (Å²) in [6.45, 7) is 4.30. The Morgan fingerprint density at radius 1 is 1.08 bits per heavy atom. The summed E-state index contributed by atoms with van der Waals surface area (Å²) < 4.78 is 1.88. The lowest BCUT2D eigenvalue weighted by atomic mass is 10.1. The van der Waals surface area contributed by atoms with E-state index in [-0.39, 0.29) is 18.4 Å².